The maximum absolute atomic E-state index is 12.8. The minimum atomic E-state index is -1.22. The van der Waals surface area contributed by atoms with Gasteiger partial charge in [0.15, 0.2) is 0 Å². The van der Waals surface area contributed by atoms with E-state index in [1.807, 2.05) is 31.2 Å². The summed E-state index contributed by atoms with van der Waals surface area (Å²) in [5, 5.41) is 3.22. The van der Waals surface area contributed by atoms with Crippen LogP contribution < -0.4 is 5.32 Å². The first kappa shape index (κ1) is 16.6. The van der Waals surface area contributed by atoms with Gasteiger partial charge in [-0.15, -0.1) is 0 Å². The minimum Gasteiger partial charge on any atom is -0.468 e. The Labute approximate surface area is 141 Å². The van der Waals surface area contributed by atoms with Crippen LogP contribution in [0.5, 0.6) is 0 Å². The van der Waals surface area contributed by atoms with Crippen molar-refractivity contribution in [1.82, 2.24) is 10.2 Å². The van der Waals surface area contributed by atoms with Gasteiger partial charge in [-0.2, -0.15) is 0 Å². The molecule has 3 rings (SSSR count). The highest BCUT2D eigenvalue weighted by atomic mass is 16.5. The van der Waals surface area contributed by atoms with Gasteiger partial charge in [-0.1, -0.05) is 29.8 Å². The van der Waals surface area contributed by atoms with Crippen LogP contribution in [0, 0.1) is 18.8 Å². The molecule has 0 aromatic heterocycles. The number of nitrogens with one attached hydrogen (secondary N) is 1. The second kappa shape index (κ2) is 5.70. The van der Waals surface area contributed by atoms with Crippen molar-refractivity contribution in [3.05, 3.63) is 35.4 Å². The summed E-state index contributed by atoms with van der Waals surface area (Å²) in [7, 11) is 1.29. The number of esters is 1. The lowest BCUT2D eigenvalue weighted by Gasteiger charge is -2.28. The van der Waals surface area contributed by atoms with Crippen molar-refractivity contribution in [3.8, 4) is 0 Å². The van der Waals surface area contributed by atoms with E-state index >= 15 is 0 Å². The Balaban J connectivity index is 2.09. The van der Waals surface area contributed by atoms with Crippen LogP contribution in [-0.2, 0) is 19.1 Å². The predicted octanol–water partition coefficient (Wildman–Crippen LogP) is 1.19. The maximum atomic E-state index is 12.8. The van der Waals surface area contributed by atoms with Gasteiger partial charge in [-0.25, -0.2) is 0 Å². The monoisotopic (exact) mass is 330 g/mol. The molecule has 1 N–H and O–H groups in total. The Kier molecular flexibility index (Phi) is 3.95. The number of carbonyl (C=O) groups excluding carboxylic acids is 3. The van der Waals surface area contributed by atoms with Gasteiger partial charge < -0.3 is 4.74 Å². The van der Waals surface area contributed by atoms with Gasteiger partial charge in [0.25, 0.3) is 0 Å². The zero-order chi connectivity index (χ0) is 17.6. The van der Waals surface area contributed by atoms with E-state index in [4.69, 9.17) is 4.74 Å². The molecule has 4 atom stereocenters. The Morgan fingerprint density at radius 3 is 2.42 bits per heavy atom. The zero-order valence-corrected chi connectivity index (χ0v) is 14.3. The molecule has 0 unspecified atom stereocenters. The summed E-state index contributed by atoms with van der Waals surface area (Å²) < 4.78 is 4.92. The lowest BCUT2D eigenvalue weighted by atomic mass is 9.80. The molecule has 128 valence electrons. The van der Waals surface area contributed by atoms with E-state index in [0.29, 0.717) is 6.54 Å². The molecule has 2 fully saturated rings. The predicted molar refractivity (Wildman–Crippen MR) is 86.9 cm³/mol. The quantitative estimate of drug-likeness (QED) is 0.665. The Hall–Kier alpha value is -2.21. The molecule has 0 radical (unpaired) electrons. The Bertz CT molecular complexity index is 699. The smallest absolute Gasteiger partial charge is 0.326 e. The summed E-state index contributed by atoms with van der Waals surface area (Å²) in [5.74, 6) is -2.39. The molecule has 2 amide bonds. The van der Waals surface area contributed by atoms with Gasteiger partial charge in [-0.05, 0) is 26.3 Å². The summed E-state index contributed by atoms with van der Waals surface area (Å²) in [6.07, 6.45) is 0. The van der Waals surface area contributed by atoms with Crippen LogP contribution in [0.15, 0.2) is 24.3 Å². The molecule has 0 bridgehead atoms. The Morgan fingerprint density at radius 2 is 1.88 bits per heavy atom. The molecule has 24 heavy (non-hydrogen) atoms. The number of likely N-dealkylation sites (tertiary alicyclic amines) is 1. The molecular formula is C18H22N2O4. The van der Waals surface area contributed by atoms with Crippen LogP contribution >= 0.6 is 0 Å². The fourth-order valence-corrected chi connectivity index (χ4v) is 3.97. The number of rotatable bonds is 3. The number of methoxy groups -OCH3 is 1. The van der Waals surface area contributed by atoms with E-state index in [1.54, 1.807) is 13.8 Å². The van der Waals surface area contributed by atoms with Crippen LogP contribution in [0.2, 0.25) is 0 Å². The van der Waals surface area contributed by atoms with Crippen LogP contribution in [0.4, 0.5) is 0 Å². The molecule has 1 aromatic rings. The summed E-state index contributed by atoms with van der Waals surface area (Å²) in [6.45, 7) is 5.70. The van der Waals surface area contributed by atoms with Crippen LogP contribution in [0.1, 0.15) is 31.0 Å². The van der Waals surface area contributed by atoms with Crippen LogP contribution in [0.25, 0.3) is 0 Å². The molecule has 2 heterocycles. The number of aryl methyl sites for hydroxylation is 1. The van der Waals surface area contributed by atoms with Gasteiger partial charge in [0, 0.05) is 12.6 Å². The first-order chi connectivity index (χ1) is 11.3. The number of imide groups is 1. The van der Waals surface area contributed by atoms with Gasteiger partial charge in [0.05, 0.1) is 18.9 Å². The van der Waals surface area contributed by atoms with Gasteiger partial charge in [-0.3, -0.25) is 24.6 Å². The molecular weight excluding hydrogens is 308 g/mol. The summed E-state index contributed by atoms with van der Waals surface area (Å²) in [4.78, 5) is 39.2. The molecule has 2 aliphatic heterocycles. The van der Waals surface area contributed by atoms with Crippen molar-refractivity contribution in [3.63, 3.8) is 0 Å². The van der Waals surface area contributed by atoms with E-state index in [2.05, 4.69) is 5.32 Å². The fraction of sp³-hybridized carbons (Fsp3) is 0.500. The van der Waals surface area contributed by atoms with E-state index in [9.17, 15) is 14.4 Å². The van der Waals surface area contributed by atoms with Crippen LogP contribution in [0.3, 0.4) is 0 Å². The van der Waals surface area contributed by atoms with E-state index in [-0.39, 0.29) is 11.8 Å². The summed E-state index contributed by atoms with van der Waals surface area (Å²) in [5.41, 5.74) is 0.779. The number of fused-ring (bicyclic) bond motifs is 1. The highest BCUT2D eigenvalue weighted by Crippen LogP contribution is 2.48. The number of ether oxygens (including phenoxy) is 1. The average Bonchev–Trinajstić information content (AvgIpc) is 3.02. The number of carbonyl (C=O) groups is 3. The van der Waals surface area contributed by atoms with Crippen molar-refractivity contribution in [2.24, 2.45) is 11.8 Å². The van der Waals surface area contributed by atoms with Crippen molar-refractivity contribution >= 4 is 17.8 Å². The van der Waals surface area contributed by atoms with Gasteiger partial charge in [0.2, 0.25) is 11.8 Å². The lowest BCUT2D eigenvalue weighted by Crippen LogP contribution is -2.53. The number of nitrogens with zero attached hydrogens (tertiary/aromatic N) is 1. The third-order valence-corrected chi connectivity index (χ3v) is 5.24. The normalized spacial score (nSPS) is 32.2. The van der Waals surface area contributed by atoms with E-state index < -0.39 is 29.4 Å². The lowest BCUT2D eigenvalue weighted by molar-refractivity contribution is -0.153. The van der Waals surface area contributed by atoms with Crippen molar-refractivity contribution in [1.29, 1.82) is 0 Å². The minimum absolute atomic E-state index is 0.224. The molecule has 1 aromatic carbocycles. The molecule has 2 aliphatic rings. The molecule has 2 saturated heterocycles. The maximum Gasteiger partial charge on any atom is 0.326 e. The second-order valence-electron chi connectivity index (χ2n) is 6.65. The molecule has 0 aliphatic carbocycles. The standard InChI is InChI=1S/C18H22N2O4/c1-5-20-15(21)12-13(16(20)22)18(3,17(23)24-4)19-14(12)11-8-6-10(2)7-9-11/h6-9,12-14,19H,5H2,1-4H3/t12-,13-,14+,18+/m0/s1. The number of benzene rings is 1. The SMILES string of the molecule is CCN1C(=O)[C@@H]2[C@@H](c3ccc(C)cc3)N[C@@](C)(C(=O)OC)[C@@H]2C1=O. The highest BCUT2D eigenvalue weighted by Gasteiger charge is 2.66. The largest absolute Gasteiger partial charge is 0.468 e. The number of amides is 2. The first-order valence-corrected chi connectivity index (χ1v) is 8.13. The first-order valence-electron chi connectivity index (χ1n) is 8.13. The average molecular weight is 330 g/mol. The molecule has 6 nitrogen and oxygen atoms in total. The number of hydrogen-bond donors (Lipinski definition) is 1. The third-order valence-electron chi connectivity index (χ3n) is 5.24. The molecule has 6 heteroatoms. The van der Waals surface area contributed by atoms with Crippen molar-refractivity contribution in [2.75, 3.05) is 13.7 Å². The molecule has 0 spiro atoms. The van der Waals surface area contributed by atoms with Crippen molar-refractivity contribution < 1.29 is 19.1 Å². The third kappa shape index (κ3) is 2.17. The summed E-state index contributed by atoms with van der Waals surface area (Å²) in [6, 6.07) is 7.38. The van der Waals surface area contributed by atoms with E-state index in [1.165, 1.54) is 12.0 Å². The number of hydrogen-bond acceptors (Lipinski definition) is 5. The second-order valence-corrected chi connectivity index (χ2v) is 6.65. The van der Waals surface area contributed by atoms with E-state index in [0.717, 1.165) is 11.1 Å². The topological polar surface area (TPSA) is 75.7 Å². The zero-order valence-electron chi connectivity index (χ0n) is 14.3. The fourth-order valence-electron chi connectivity index (χ4n) is 3.97. The molecule has 0 saturated carbocycles. The van der Waals surface area contributed by atoms with Gasteiger partial charge in [0.1, 0.15) is 5.54 Å². The van der Waals surface area contributed by atoms with Crippen molar-refractivity contribution in [2.45, 2.75) is 32.4 Å². The summed E-state index contributed by atoms with van der Waals surface area (Å²) >= 11 is 0. The highest BCUT2D eigenvalue weighted by molar-refractivity contribution is 6.09. The Morgan fingerprint density at radius 1 is 1.25 bits per heavy atom. The van der Waals surface area contributed by atoms with Crippen LogP contribution in [-0.4, -0.2) is 41.9 Å². The van der Waals surface area contributed by atoms with Gasteiger partial charge >= 0.3 is 5.97 Å².